The Labute approximate surface area is 115 Å². The first kappa shape index (κ1) is 14.2. The van der Waals surface area contributed by atoms with Crippen LogP contribution in [0.2, 0.25) is 0 Å². The smallest absolute Gasteiger partial charge is 0.291 e. The van der Waals surface area contributed by atoms with Crippen LogP contribution in [0.5, 0.6) is 0 Å². The number of nitrogens with one attached hydrogen (secondary N) is 2. The fourth-order valence-corrected chi connectivity index (χ4v) is 3.19. The molecule has 1 aliphatic rings. The van der Waals surface area contributed by atoms with Crippen LogP contribution in [0.15, 0.2) is 0 Å². The van der Waals surface area contributed by atoms with Gasteiger partial charge in [0.2, 0.25) is 5.82 Å². The largest absolute Gasteiger partial charge is 0.346 e. The van der Waals surface area contributed by atoms with Gasteiger partial charge in [-0.3, -0.25) is 14.1 Å². The number of aromatic amines is 1. The fraction of sp³-hybridized carbons (Fsp3) is 0.750. The van der Waals surface area contributed by atoms with Crippen LogP contribution in [0.3, 0.4) is 0 Å². The lowest BCUT2D eigenvalue weighted by Gasteiger charge is -2.21. The van der Waals surface area contributed by atoms with Gasteiger partial charge in [0.05, 0.1) is 0 Å². The summed E-state index contributed by atoms with van der Waals surface area (Å²) in [4.78, 5) is 16.2. The van der Waals surface area contributed by atoms with Gasteiger partial charge in [0, 0.05) is 33.8 Å². The molecular weight excluding hydrogens is 264 g/mol. The van der Waals surface area contributed by atoms with Gasteiger partial charge >= 0.3 is 0 Å². The summed E-state index contributed by atoms with van der Waals surface area (Å²) in [6.07, 6.45) is 1.52. The Morgan fingerprint density at radius 2 is 2.00 bits per heavy atom. The first-order valence-corrected chi connectivity index (χ1v) is 7.94. The average Bonchev–Trinajstić information content (AvgIpc) is 2.81. The standard InChI is InChI=1S/C12H20N4O2S/c1-12(2,3)11-14-9(15-16-11)10(17)13-8-4-6-19(18)7-5-8/h8H,4-7H2,1-3H3,(H,13,17)(H,14,15,16). The summed E-state index contributed by atoms with van der Waals surface area (Å²) in [5, 5.41) is 9.66. The molecule has 6 nitrogen and oxygen atoms in total. The van der Waals surface area contributed by atoms with Gasteiger partial charge in [0.1, 0.15) is 5.82 Å². The second-order valence-corrected chi connectivity index (χ2v) is 7.55. The van der Waals surface area contributed by atoms with Crippen LogP contribution in [-0.2, 0) is 16.2 Å². The molecule has 0 spiro atoms. The lowest BCUT2D eigenvalue weighted by Crippen LogP contribution is -2.40. The van der Waals surface area contributed by atoms with Crippen LogP contribution in [0.4, 0.5) is 0 Å². The summed E-state index contributed by atoms with van der Waals surface area (Å²) >= 11 is 0. The van der Waals surface area contributed by atoms with Crippen LogP contribution >= 0.6 is 0 Å². The minimum atomic E-state index is -0.717. The summed E-state index contributed by atoms with van der Waals surface area (Å²) in [7, 11) is -0.717. The predicted octanol–water partition coefficient (Wildman–Crippen LogP) is 0.743. The highest BCUT2D eigenvalue weighted by Crippen LogP contribution is 2.17. The minimum absolute atomic E-state index is 0.0850. The lowest BCUT2D eigenvalue weighted by molar-refractivity contribution is 0.0924. The molecule has 1 amide bonds. The lowest BCUT2D eigenvalue weighted by atomic mass is 9.96. The number of aromatic nitrogens is 3. The maximum absolute atomic E-state index is 12.0. The first-order chi connectivity index (χ1) is 8.86. The van der Waals surface area contributed by atoms with Gasteiger partial charge in [-0.15, -0.1) is 5.10 Å². The number of hydrogen-bond acceptors (Lipinski definition) is 4. The molecule has 19 heavy (non-hydrogen) atoms. The minimum Gasteiger partial charge on any atom is -0.346 e. The summed E-state index contributed by atoms with van der Waals surface area (Å²) < 4.78 is 11.2. The normalized spacial score (nSPS) is 24.2. The van der Waals surface area contributed by atoms with E-state index in [9.17, 15) is 9.00 Å². The SMILES string of the molecule is CC(C)(C)c1nc(C(=O)NC2CCS(=O)CC2)n[nH]1. The molecule has 0 bridgehead atoms. The van der Waals surface area contributed by atoms with Crippen LogP contribution < -0.4 is 5.32 Å². The predicted molar refractivity (Wildman–Crippen MR) is 73.4 cm³/mol. The molecule has 1 fully saturated rings. The second kappa shape index (κ2) is 5.40. The molecule has 2 rings (SSSR count). The monoisotopic (exact) mass is 284 g/mol. The van der Waals surface area contributed by atoms with Gasteiger partial charge in [-0.25, -0.2) is 4.98 Å². The van der Waals surface area contributed by atoms with Crippen molar-refractivity contribution in [2.75, 3.05) is 11.5 Å². The van der Waals surface area contributed by atoms with E-state index in [1.807, 2.05) is 20.8 Å². The molecule has 1 aromatic rings. The molecule has 7 heteroatoms. The van der Waals surface area contributed by atoms with E-state index in [1.54, 1.807) is 0 Å². The molecule has 1 aliphatic heterocycles. The highest BCUT2D eigenvalue weighted by Gasteiger charge is 2.24. The number of H-pyrrole nitrogens is 1. The quantitative estimate of drug-likeness (QED) is 0.838. The third kappa shape index (κ3) is 3.62. The van der Waals surface area contributed by atoms with E-state index in [2.05, 4.69) is 20.5 Å². The van der Waals surface area contributed by atoms with E-state index < -0.39 is 10.8 Å². The Bertz CT molecular complexity index is 482. The van der Waals surface area contributed by atoms with Gasteiger partial charge in [0.25, 0.3) is 5.91 Å². The first-order valence-electron chi connectivity index (χ1n) is 6.45. The Morgan fingerprint density at radius 3 is 2.53 bits per heavy atom. The van der Waals surface area contributed by atoms with Crippen LogP contribution in [-0.4, -0.2) is 42.8 Å². The third-order valence-corrected chi connectivity index (χ3v) is 4.50. The number of carbonyl (C=O) groups is 1. The topological polar surface area (TPSA) is 87.7 Å². The van der Waals surface area contributed by atoms with Gasteiger partial charge < -0.3 is 5.32 Å². The highest BCUT2D eigenvalue weighted by molar-refractivity contribution is 7.85. The van der Waals surface area contributed by atoms with Crippen molar-refractivity contribution in [1.29, 1.82) is 0 Å². The summed E-state index contributed by atoms with van der Waals surface area (Å²) in [5.74, 6) is 1.93. The Hall–Kier alpha value is -1.24. The second-order valence-electron chi connectivity index (χ2n) is 5.85. The van der Waals surface area contributed by atoms with Crippen molar-refractivity contribution < 1.29 is 9.00 Å². The molecule has 0 aromatic carbocycles. The molecule has 0 unspecified atom stereocenters. The van der Waals surface area contributed by atoms with Crippen molar-refractivity contribution >= 4 is 16.7 Å². The molecule has 106 valence electrons. The number of carbonyl (C=O) groups excluding carboxylic acids is 1. The van der Waals surface area contributed by atoms with E-state index >= 15 is 0 Å². The maximum Gasteiger partial charge on any atom is 0.291 e. The summed E-state index contributed by atoms with van der Waals surface area (Å²) in [5.41, 5.74) is -0.159. The molecule has 2 N–H and O–H groups in total. The van der Waals surface area contributed by atoms with Crippen LogP contribution in [0.1, 0.15) is 50.1 Å². The fourth-order valence-electron chi connectivity index (χ4n) is 1.89. The number of nitrogens with zero attached hydrogens (tertiary/aromatic N) is 2. The number of rotatable bonds is 2. The Kier molecular flexibility index (Phi) is 4.03. The average molecular weight is 284 g/mol. The van der Waals surface area contributed by atoms with Crippen molar-refractivity contribution in [3.8, 4) is 0 Å². The Balaban J connectivity index is 1.96. The number of hydrogen-bond donors (Lipinski definition) is 2. The Morgan fingerprint density at radius 1 is 1.37 bits per heavy atom. The molecule has 0 aliphatic carbocycles. The third-order valence-electron chi connectivity index (χ3n) is 3.12. The van der Waals surface area contributed by atoms with E-state index in [0.29, 0.717) is 17.3 Å². The summed E-state index contributed by atoms with van der Waals surface area (Å²) in [6.45, 7) is 6.02. The van der Waals surface area contributed by atoms with E-state index in [4.69, 9.17) is 0 Å². The zero-order valence-electron chi connectivity index (χ0n) is 11.5. The van der Waals surface area contributed by atoms with Crippen molar-refractivity contribution in [2.24, 2.45) is 0 Å². The zero-order chi connectivity index (χ0) is 14.0. The number of amides is 1. The van der Waals surface area contributed by atoms with Crippen LogP contribution in [0.25, 0.3) is 0 Å². The van der Waals surface area contributed by atoms with Crippen molar-refractivity contribution in [2.45, 2.75) is 45.1 Å². The van der Waals surface area contributed by atoms with Crippen molar-refractivity contribution in [1.82, 2.24) is 20.5 Å². The van der Waals surface area contributed by atoms with E-state index in [1.165, 1.54) is 0 Å². The molecule has 1 aromatic heterocycles. The van der Waals surface area contributed by atoms with Crippen molar-refractivity contribution in [3.63, 3.8) is 0 Å². The van der Waals surface area contributed by atoms with E-state index in [0.717, 1.165) is 12.8 Å². The molecule has 0 radical (unpaired) electrons. The van der Waals surface area contributed by atoms with Gasteiger partial charge in [-0.2, -0.15) is 0 Å². The van der Waals surface area contributed by atoms with E-state index in [-0.39, 0.29) is 23.2 Å². The summed E-state index contributed by atoms with van der Waals surface area (Å²) in [6, 6.07) is 0.0850. The molecule has 0 saturated carbocycles. The van der Waals surface area contributed by atoms with Gasteiger partial charge in [0.15, 0.2) is 0 Å². The molecule has 0 atom stereocenters. The van der Waals surface area contributed by atoms with Crippen LogP contribution in [0, 0.1) is 0 Å². The molecule has 2 heterocycles. The van der Waals surface area contributed by atoms with Crippen molar-refractivity contribution in [3.05, 3.63) is 11.6 Å². The molecule has 1 saturated heterocycles. The van der Waals surface area contributed by atoms with Gasteiger partial charge in [-0.1, -0.05) is 20.8 Å². The van der Waals surface area contributed by atoms with Gasteiger partial charge in [-0.05, 0) is 12.8 Å². The maximum atomic E-state index is 12.0. The molecular formula is C12H20N4O2S. The zero-order valence-corrected chi connectivity index (χ0v) is 12.3. The highest BCUT2D eigenvalue weighted by atomic mass is 32.2.